The largest absolute Gasteiger partial charge is 0.369 e. The van der Waals surface area contributed by atoms with Crippen molar-refractivity contribution in [3.05, 3.63) is 28.6 Å². The van der Waals surface area contributed by atoms with Gasteiger partial charge in [0.15, 0.2) is 10.8 Å². The molecular weight excluding hydrogens is 428 g/mol. The number of nitrogens with zero attached hydrogens (tertiary/aromatic N) is 4. The molecule has 4 rings (SSSR count). The van der Waals surface area contributed by atoms with Crippen molar-refractivity contribution in [2.45, 2.75) is 56.6 Å². The van der Waals surface area contributed by atoms with Crippen LogP contribution in [0.2, 0.25) is 0 Å². The quantitative estimate of drug-likeness (QED) is 0.367. The van der Waals surface area contributed by atoms with Crippen molar-refractivity contribution >= 4 is 45.9 Å². The summed E-state index contributed by atoms with van der Waals surface area (Å²) in [4.78, 5) is 23.7. The second-order valence-electron chi connectivity index (χ2n) is 8.46. The van der Waals surface area contributed by atoms with Crippen molar-refractivity contribution < 1.29 is 4.79 Å². The lowest BCUT2D eigenvalue weighted by molar-refractivity contribution is -0.126. The molecule has 1 aliphatic rings. The third-order valence-corrected chi connectivity index (χ3v) is 7.45. The molecule has 1 aliphatic carbocycles. The molecule has 1 fully saturated rings. The van der Waals surface area contributed by atoms with E-state index in [1.54, 1.807) is 11.3 Å². The summed E-state index contributed by atoms with van der Waals surface area (Å²) in [6.07, 6.45) is 7.86. The predicted octanol–water partition coefficient (Wildman–Crippen LogP) is 4.31. The zero-order valence-electron chi connectivity index (χ0n) is 18.4. The average Bonchev–Trinajstić information content (AvgIpc) is 3.52. The normalized spacial score (nSPS) is 15.6. The summed E-state index contributed by atoms with van der Waals surface area (Å²) < 4.78 is 1.87. The van der Waals surface area contributed by atoms with Gasteiger partial charge in [-0.25, -0.2) is 14.6 Å². The fraction of sp³-hybridized carbons (Fsp3) is 0.545. The molecule has 3 heterocycles. The Labute approximate surface area is 191 Å². The highest BCUT2D eigenvalue weighted by Gasteiger charge is 2.43. The van der Waals surface area contributed by atoms with Gasteiger partial charge in [0.25, 0.3) is 0 Å². The molecule has 2 N–H and O–H groups in total. The van der Waals surface area contributed by atoms with Crippen LogP contribution in [-0.4, -0.2) is 45.0 Å². The van der Waals surface area contributed by atoms with Crippen LogP contribution in [0.25, 0.3) is 11.0 Å². The van der Waals surface area contributed by atoms with Gasteiger partial charge in [-0.15, -0.1) is 11.3 Å². The maximum Gasteiger partial charge on any atom is 0.231 e. The molecule has 0 aliphatic heterocycles. The van der Waals surface area contributed by atoms with Gasteiger partial charge in [-0.05, 0) is 36.5 Å². The zero-order valence-corrected chi connectivity index (χ0v) is 20.0. The number of fused-ring (bicyclic) bond motifs is 1. The van der Waals surface area contributed by atoms with Gasteiger partial charge in [0.1, 0.15) is 5.82 Å². The number of rotatable bonds is 9. The first kappa shape index (κ1) is 22.1. The molecule has 1 saturated carbocycles. The van der Waals surface area contributed by atoms with Crippen molar-refractivity contribution in [3.8, 4) is 0 Å². The molecule has 31 heavy (non-hydrogen) atoms. The van der Waals surface area contributed by atoms with E-state index in [1.807, 2.05) is 23.2 Å². The SMILES string of the molecule is CSc1nc(NCC(C)C)c2cnn(CCNC(=O)C3(c4cccs4)CCCC3)c2n1. The van der Waals surface area contributed by atoms with E-state index in [-0.39, 0.29) is 11.3 Å². The zero-order chi connectivity index (χ0) is 21.8. The Morgan fingerprint density at radius 2 is 2.13 bits per heavy atom. The van der Waals surface area contributed by atoms with Crippen LogP contribution in [0.15, 0.2) is 28.9 Å². The van der Waals surface area contributed by atoms with E-state index in [0.29, 0.717) is 24.2 Å². The van der Waals surface area contributed by atoms with Crippen molar-refractivity contribution in [2.75, 3.05) is 24.7 Å². The number of anilines is 1. The number of carbonyl (C=O) groups is 1. The summed E-state index contributed by atoms with van der Waals surface area (Å²) in [7, 11) is 0. The number of amides is 1. The Balaban J connectivity index is 1.48. The molecule has 3 aromatic heterocycles. The van der Waals surface area contributed by atoms with E-state index >= 15 is 0 Å². The van der Waals surface area contributed by atoms with Crippen molar-refractivity contribution in [1.29, 1.82) is 0 Å². The molecule has 7 nitrogen and oxygen atoms in total. The third kappa shape index (κ3) is 4.57. The summed E-state index contributed by atoms with van der Waals surface area (Å²) in [6.45, 7) is 6.27. The standard InChI is InChI=1S/C22H30N6OS2/c1-15(2)13-24-18-16-14-25-28(19(16)27-21(26-18)30-3)11-10-23-20(29)22(8-4-5-9-22)17-7-6-12-31-17/h6-7,12,14-15H,4-5,8-11,13H2,1-3H3,(H,23,29)(H,24,26,27). The lowest BCUT2D eigenvalue weighted by Crippen LogP contribution is -2.43. The van der Waals surface area contributed by atoms with Gasteiger partial charge in [-0.3, -0.25) is 4.79 Å². The van der Waals surface area contributed by atoms with Crippen LogP contribution in [0.1, 0.15) is 44.4 Å². The highest BCUT2D eigenvalue weighted by atomic mass is 32.2. The maximum atomic E-state index is 13.2. The Morgan fingerprint density at radius 3 is 2.81 bits per heavy atom. The van der Waals surface area contributed by atoms with Gasteiger partial charge in [-0.1, -0.05) is 44.5 Å². The minimum Gasteiger partial charge on any atom is -0.369 e. The van der Waals surface area contributed by atoms with Crippen LogP contribution in [-0.2, 0) is 16.8 Å². The summed E-state index contributed by atoms with van der Waals surface area (Å²) in [6, 6.07) is 4.14. The van der Waals surface area contributed by atoms with Crippen molar-refractivity contribution in [1.82, 2.24) is 25.1 Å². The topological polar surface area (TPSA) is 84.7 Å². The fourth-order valence-corrected chi connectivity index (χ4v) is 5.53. The monoisotopic (exact) mass is 458 g/mol. The van der Waals surface area contributed by atoms with E-state index in [4.69, 9.17) is 0 Å². The van der Waals surface area contributed by atoms with Gasteiger partial charge in [0.05, 0.1) is 23.5 Å². The smallest absolute Gasteiger partial charge is 0.231 e. The van der Waals surface area contributed by atoms with E-state index in [0.717, 1.165) is 49.1 Å². The molecular formula is C22H30N6OS2. The van der Waals surface area contributed by atoms with Gasteiger partial charge in [0, 0.05) is 18.0 Å². The second kappa shape index (κ2) is 9.56. The van der Waals surface area contributed by atoms with Gasteiger partial charge in [0.2, 0.25) is 5.91 Å². The third-order valence-electron chi connectivity index (χ3n) is 5.83. The summed E-state index contributed by atoms with van der Waals surface area (Å²) in [5.74, 6) is 1.47. The molecule has 166 valence electrons. The second-order valence-corrected chi connectivity index (χ2v) is 10.2. The molecule has 0 saturated heterocycles. The Hall–Kier alpha value is -2.13. The number of hydrogen-bond donors (Lipinski definition) is 2. The first-order valence-corrected chi connectivity index (χ1v) is 13.0. The van der Waals surface area contributed by atoms with Crippen LogP contribution in [0.3, 0.4) is 0 Å². The van der Waals surface area contributed by atoms with Gasteiger partial charge >= 0.3 is 0 Å². The number of aromatic nitrogens is 4. The van der Waals surface area contributed by atoms with Gasteiger partial charge < -0.3 is 10.6 Å². The number of thioether (sulfide) groups is 1. The number of hydrogen-bond acceptors (Lipinski definition) is 7. The summed E-state index contributed by atoms with van der Waals surface area (Å²) >= 11 is 3.20. The first-order valence-electron chi connectivity index (χ1n) is 10.9. The van der Waals surface area contributed by atoms with Crippen LogP contribution >= 0.6 is 23.1 Å². The Kier molecular flexibility index (Phi) is 6.81. The summed E-state index contributed by atoms with van der Waals surface area (Å²) in [5, 5.41) is 14.8. The number of nitrogens with one attached hydrogen (secondary N) is 2. The predicted molar refractivity (Wildman–Crippen MR) is 128 cm³/mol. The van der Waals surface area contributed by atoms with Crippen LogP contribution < -0.4 is 10.6 Å². The van der Waals surface area contributed by atoms with Crippen LogP contribution in [0.5, 0.6) is 0 Å². The average molecular weight is 459 g/mol. The van der Waals surface area contributed by atoms with E-state index < -0.39 is 0 Å². The molecule has 9 heteroatoms. The molecule has 0 radical (unpaired) electrons. The lowest BCUT2D eigenvalue weighted by atomic mass is 9.83. The molecule has 0 bridgehead atoms. The molecule has 0 spiro atoms. The van der Waals surface area contributed by atoms with Crippen LogP contribution in [0, 0.1) is 5.92 Å². The van der Waals surface area contributed by atoms with Crippen molar-refractivity contribution in [2.24, 2.45) is 5.92 Å². The molecule has 3 aromatic rings. The highest BCUT2D eigenvalue weighted by Crippen LogP contribution is 2.43. The molecule has 1 amide bonds. The Morgan fingerprint density at radius 1 is 1.32 bits per heavy atom. The molecule has 0 aromatic carbocycles. The maximum absolute atomic E-state index is 13.2. The van der Waals surface area contributed by atoms with Crippen molar-refractivity contribution in [3.63, 3.8) is 0 Å². The minimum atomic E-state index is -0.359. The van der Waals surface area contributed by atoms with Crippen LogP contribution in [0.4, 0.5) is 5.82 Å². The fourth-order valence-electron chi connectivity index (χ4n) is 4.19. The lowest BCUT2D eigenvalue weighted by Gasteiger charge is -2.26. The van der Waals surface area contributed by atoms with Gasteiger partial charge in [-0.2, -0.15) is 5.10 Å². The number of thiophene rings is 1. The summed E-state index contributed by atoms with van der Waals surface area (Å²) in [5.41, 5.74) is 0.441. The highest BCUT2D eigenvalue weighted by molar-refractivity contribution is 7.98. The molecule has 0 unspecified atom stereocenters. The minimum absolute atomic E-state index is 0.141. The number of carbonyl (C=O) groups excluding carboxylic acids is 1. The van der Waals surface area contributed by atoms with E-state index in [9.17, 15) is 4.79 Å². The molecule has 0 atom stereocenters. The first-order chi connectivity index (χ1) is 15.0. The Bertz CT molecular complexity index is 1020. The van der Waals surface area contributed by atoms with E-state index in [1.165, 1.54) is 16.6 Å². The van der Waals surface area contributed by atoms with E-state index in [2.05, 4.69) is 51.0 Å².